The Bertz CT molecular complexity index is 277. The van der Waals surface area contributed by atoms with Gasteiger partial charge in [0, 0.05) is 12.1 Å². The zero-order valence-corrected chi connectivity index (χ0v) is 12.6. The van der Waals surface area contributed by atoms with E-state index in [0.717, 1.165) is 17.8 Å². The smallest absolute Gasteiger partial charge is 0.227 e. The summed E-state index contributed by atoms with van der Waals surface area (Å²) in [6, 6.07) is 0.891. The Kier molecular flexibility index (Phi) is 6.08. The number of amides is 1. The Hall–Kier alpha value is -0.640. The number of thiocarbonyl (C=S) groups is 1. The summed E-state index contributed by atoms with van der Waals surface area (Å²) in [6.07, 6.45) is 12.7. The van der Waals surface area contributed by atoms with Gasteiger partial charge in [-0.15, -0.1) is 0 Å². The van der Waals surface area contributed by atoms with Gasteiger partial charge in [0.05, 0.1) is 11.4 Å². The molecule has 108 valence electrons. The minimum absolute atomic E-state index is 0.0974. The number of carbonyl (C=O) groups is 1. The van der Waals surface area contributed by atoms with Crippen LogP contribution in [0, 0.1) is 0 Å². The van der Waals surface area contributed by atoms with Crippen molar-refractivity contribution in [3.05, 3.63) is 0 Å². The molecule has 0 heterocycles. The molecule has 0 saturated heterocycles. The lowest BCUT2D eigenvalue weighted by atomic mass is 9.95. The Morgan fingerprint density at radius 1 is 0.842 bits per heavy atom. The highest BCUT2D eigenvalue weighted by Gasteiger charge is 2.18. The van der Waals surface area contributed by atoms with Crippen LogP contribution >= 0.6 is 12.2 Å². The van der Waals surface area contributed by atoms with E-state index in [2.05, 4.69) is 10.6 Å². The summed E-state index contributed by atoms with van der Waals surface area (Å²) in [7, 11) is 0. The molecule has 0 aromatic rings. The van der Waals surface area contributed by atoms with Crippen LogP contribution in [0.2, 0.25) is 0 Å². The third kappa shape index (κ3) is 5.47. The Balaban J connectivity index is 1.64. The molecule has 0 radical (unpaired) electrons. The van der Waals surface area contributed by atoms with E-state index in [1.807, 2.05) is 0 Å². The monoisotopic (exact) mass is 282 g/mol. The first-order valence-electron chi connectivity index (χ1n) is 7.83. The van der Waals surface area contributed by atoms with Gasteiger partial charge in [-0.05, 0) is 25.7 Å². The fourth-order valence-electron chi connectivity index (χ4n) is 3.20. The van der Waals surface area contributed by atoms with Gasteiger partial charge in [0.25, 0.3) is 0 Å². The normalized spacial score (nSPS) is 21.9. The molecule has 0 aromatic carbocycles. The van der Waals surface area contributed by atoms with Gasteiger partial charge in [0.1, 0.15) is 0 Å². The van der Waals surface area contributed by atoms with Crippen LogP contribution < -0.4 is 10.6 Å². The molecule has 2 N–H and O–H groups in total. The second-order valence-corrected chi connectivity index (χ2v) is 6.47. The molecule has 1 amide bonds. The van der Waals surface area contributed by atoms with E-state index in [1.165, 1.54) is 51.4 Å². The third-order valence-electron chi connectivity index (χ3n) is 4.26. The van der Waals surface area contributed by atoms with E-state index in [0.29, 0.717) is 18.5 Å². The second kappa shape index (κ2) is 7.83. The molecular weight excluding hydrogens is 256 g/mol. The van der Waals surface area contributed by atoms with Gasteiger partial charge in [-0.3, -0.25) is 4.79 Å². The van der Waals surface area contributed by atoms with E-state index in [9.17, 15) is 4.79 Å². The number of rotatable bonds is 4. The summed E-state index contributed by atoms with van der Waals surface area (Å²) >= 11 is 5.31. The maximum atomic E-state index is 11.9. The molecule has 2 fully saturated rings. The molecule has 0 aromatic heterocycles. The molecule has 19 heavy (non-hydrogen) atoms. The molecule has 2 saturated carbocycles. The lowest BCUT2D eigenvalue weighted by Crippen LogP contribution is -2.41. The van der Waals surface area contributed by atoms with E-state index < -0.39 is 0 Å². The minimum Gasteiger partial charge on any atom is -0.376 e. The summed E-state index contributed by atoms with van der Waals surface area (Å²) in [5.41, 5.74) is 0. The van der Waals surface area contributed by atoms with Gasteiger partial charge in [-0.25, -0.2) is 0 Å². The van der Waals surface area contributed by atoms with Gasteiger partial charge >= 0.3 is 0 Å². The van der Waals surface area contributed by atoms with Crippen molar-refractivity contribution in [3.8, 4) is 0 Å². The summed E-state index contributed by atoms with van der Waals surface area (Å²) < 4.78 is 0. The van der Waals surface area contributed by atoms with E-state index in [-0.39, 0.29) is 5.91 Å². The first-order valence-corrected chi connectivity index (χ1v) is 8.23. The molecule has 2 aliphatic rings. The van der Waals surface area contributed by atoms with Crippen LogP contribution in [-0.4, -0.2) is 23.0 Å². The predicted molar refractivity (Wildman–Crippen MR) is 82.2 cm³/mol. The number of hydrogen-bond donors (Lipinski definition) is 2. The molecule has 0 bridgehead atoms. The van der Waals surface area contributed by atoms with Crippen LogP contribution in [0.1, 0.15) is 70.6 Å². The van der Waals surface area contributed by atoms with Crippen molar-refractivity contribution in [3.63, 3.8) is 0 Å². The lowest BCUT2D eigenvalue weighted by molar-refractivity contribution is -0.120. The molecule has 3 nitrogen and oxygen atoms in total. The van der Waals surface area contributed by atoms with Crippen LogP contribution in [0.15, 0.2) is 0 Å². The summed E-state index contributed by atoms with van der Waals surface area (Å²) in [4.78, 5) is 12.6. The molecule has 4 heteroatoms. The Labute approximate surface area is 121 Å². The zero-order chi connectivity index (χ0) is 13.5. The van der Waals surface area contributed by atoms with Gasteiger partial charge in [0.15, 0.2) is 0 Å². The van der Waals surface area contributed by atoms with E-state index in [1.54, 1.807) is 0 Å². The summed E-state index contributed by atoms with van der Waals surface area (Å²) in [6.45, 7) is 0. The zero-order valence-electron chi connectivity index (χ0n) is 11.7. The van der Waals surface area contributed by atoms with Crippen molar-refractivity contribution in [1.29, 1.82) is 0 Å². The SMILES string of the molecule is O=C(CC(=S)NC1CCCCC1)NC1CCCCC1. The van der Waals surface area contributed by atoms with Crippen LogP contribution in [0.4, 0.5) is 0 Å². The molecule has 0 aliphatic heterocycles. The highest BCUT2D eigenvalue weighted by atomic mass is 32.1. The van der Waals surface area contributed by atoms with Gasteiger partial charge in [-0.2, -0.15) is 0 Å². The average Bonchev–Trinajstić information content (AvgIpc) is 2.40. The van der Waals surface area contributed by atoms with Crippen molar-refractivity contribution < 1.29 is 4.79 Å². The minimum atomic E-state index is 0.0974. The largest absolute Gasteiger partial charge is 0.376 e. The van der Waals surface area contributed by atoms with Crippen LogP contribution in [0.25, 0.3) is 0 Å². The second-order valence-electron chi connectivity index (χ2n) is 5.98. The third-order valence-corrected chi connectivity index (χ3v) is 4.52. The number of carbonyl (C=O) groups excluding carboxylic acids is 1. The maximum absolute atomic E-state index is 11.9. The van der Waals surface area contributed by atoms with Crippen molar-refractivity contribution in [1.82, 2.24) is 10.6 Å². The first-order chi connectivity index (χ1) is 9.24. The van der Waals surface area contributed by atoms with Gasteiger partial charge in [-0.1, -0.05) is 50.7 Å². The maximum Gasteiger partial charge on any atom is 0.227 e. The van der Waals surface area contributed by atoms with Crippen molar-refractivity contribution >= 4 is 23.1 Å². The first kappa shape index (κ1) is 14.8. The van der Waals surface area contributed by atoms with Crippen molar-refractivity contribution in [2.45, 2.75) is 82.7 Å². The number of nitrogens with one attached hydrogen (secondary N) is 2. The Morgan fingerprint density at radius 2 is 1.32 bits per heavy atom. The standard InChI is InChI=1S/C15H26N2OS/c18-14(16-12-7-3-1-4-8-12)11-15(19)17-13-9-5-2-6-10-13/h12-13H,1-11H2,(H,16,18)(H,17,19). The van der Waals surface area contributed by atoms with E-state index in [4.69, 9.17) is 12.2 Å². The predicted octanol–water partition coefficient (Wildman–Crippen LogP) is 3.08. The number of hydrogen-bond acceptors (Lipinski definition) is 2. The van der Waals surface area contributed by atoms with E-state index >= 15 is 0 Å². The van der Waals surface area contributed by atoms with Crippen LogP contribution in [0.5, 0.6) is 0 Å². The van der Waals surface area contributed by atoms with Gasteiger partial charge in [0.2, 0.25) is 5.91 Å². The van der Waals surface area contributed by atoms with Crippen molar-refractivity contribution in [2.75, 3.05) is 0 Å². The quantitative estimate of drug-likeness (QED) is 0.779. The fourth-order valence-corrected chi connectivity index (χ4v) is 3.49. The highest BCUT2D eigenvalue weighted by molar-refractivity contribution is 7.80. The average molecular weight is 282 g/mol. The molecule has 2 rings (SSSR count). The summed E-state index contributed by atoms with van der Waals surface area (Å²) in [5.74, 6) is 0.0974. The van der Waals surface area contributed by atoms with Gasteiger partial charge < -0.3 is 10.6 Å². The van der Waals surface area contributed by atoms with Crippen molar-refractivity contribution in [2.24, 2.45) is 0 Å². The molecule has 0 atom stereocenters. The molecule has 0 unspecified atom stereocenters. The summed E-state index contributed by atoms with van der Waals surface area (Å²) in [5, 5.41) is 6.48. The molecular formula is C15H26N2OS. The topological polar surface area (TPSA) is 41.1 Å². The van der Waals surface area contributed by atoms with Crippen LogP contribution in [0.3, 0.4) is 0 Å². The fraction of sp³-hybridized carbons (Fsp3) is 0.867. The Morgan fingerprint density at radius 3 is 1.84 bits per heavy atom. The molecule has 2 aliphatic carbocycles. The highest BCUT2D eigenvalue weighted by Crippen LogP contribution is 2.18. The molecule has 0 spiro atoms. The lowest BCUT2D eigenvalue weighted by Gasteiger charge is -2.25. The van der Waals surface area contributed by atoms with Crippen LogP contribution in [-0.2, 0) is 4.79 Å².